The summed E-state index contributed by atoms with van der Waals surface area (Å²) in [5.41, 5.74) is 6.37. The molecule has 0 spiro atoms. The SMILES string of the molecule is CC(O)CCN(C)CCOc1cccc(N)c1. The molecule has 0 amide bonds. The fourth-order valence-corrected chi connectivity index (χ4v) is 1.44. The molecule has 96 valence electrons. The van der Waals surface area contributed by atoms with Crippen molar-refractivity contribution in [2.24, 2.45) is 0 Å². The Morgan fingerprint density at radius 2 is 2.18 bits per heavy atom. The lowest BCUT2D eigenvalue weighted by molar-refractivity contribution is 0.157. The van der Waals surface area contributed by atoms with Gasteiger partial charge in [0.25, 0.3) is 0 Å². The Labute approximate surface area is 103 Å². The second kappa shape index (κ2) is 7.14. The van der Waals surface area contributed by atoms with Crippen LogP contribution in [0, 0.1) is 0 Å². The summed E-state index contributed by atoms with van der Waals surface area (Å²) in [6.07, 6.45) is 0.543. The van der Waals surface area contributed by atoms with E-state index in [0.717, 1.165) is 25.3 Å². The third-order valence-corrected chi connectivity index (χ3v) is 2.53. The van der Waals surface area contributed by atoms with Gasteiger partial charge in [-0.1, -0.05) is 6.07 Å². The average molecular weight is 238 g/mol. The minimum Gasteiger partial charge on any atom is -0.492 e. The lowest BCUT2D eigenvalue weighted by atomic mass is 10.3. The van der Waals surface area contributed by atoms with Crippen molar-refractivity contribution in [1.29, 1.82) is 0 Å². The number of nitrogen functional groups attached to an aromatic ring is 1. The van der Waals surface area contributed by atoms with Crippen LogP contribution in [0.15, 0.2) is 24.3 Å². The fourth-order valence-electron chi connectivity index (χ4n) is 1.44. The zero-order chi connectivity index (χ0) is 12.7. The summed E-state index contributed by atoms with van der Waals surface area (Å²) < 4.78 is 5.58. The van der Waals surface area contributed by atoms with Crippen molar-refractivity contribution < 1.29 is 9.84 Å². The number of ether oxygens (including phenoxy) is 1. The van der Waals surface area contributed by atoms with Gasteiger partial charge in [-0.2, -0.15) is 0 Å². The van der Waals surface area contributed by atoms with Gasteiger partial charge in [0.05, 0.1) is 6.10 Å². The molecule has 3 N–H and O–H groups in total. The number of nitrogens with zero attached hydrogens (tertiary/aromatic N) is 1. The van der Waals surface area contributed by atoms with Crippen LogP contribution in [-0.4, -0.2) is 42.9 Å². The molecule has 0 saturated heterocycles. The number of likely N-dealkylation sites (N-methyl/N-ethyl adjacent to an activating group) is 1. The second-order valence-electron chi connectivity index (χ2n) is 4.36. The molecule has 4 heteroatoms. The van der Waals surface area contributed by atoms with Gasteiger partial charge in [0.15, 0.2) is 0 Å². The van der Waals surface area contributed by atoms with Gasteiger partial charge < -0.3 is 20.5 Å². The molecule has 0 saturated carbocycles. The smallest absolute Gasteiger partial charge is 0.121 e. The van der Waals surface area contributed by atoms with E-state index in [0.29, 0.717) is 12.3 Å². The van der Waals surface area contributed by atoms with Crippen molar-refractivity contribution >= 4 is 5.69 Å². The molecular weight excluding hydrogens is 216 g/mol. The highest BCUT2D eigenvalue weighted by molar-refractivity contribution is 5.43. The van der Waals surface area contributed by atoms with Crippen molar-refractivity contribution in [2.75, 3.05) is 32.5 Å². The topological polar surface area (TPSA) is 58.7 Å². The van der Waals surface area contributed by atoms with Crippen molar-refractivity contribution in [1.82, 2.24) is 4.90 Å². The van der Waals surface area contributed by atoms with E-state index in [-0.39, 0.29) is 6.10 Å². The van der Waals surface area contributed by atoms with Crippen molar-refractivity contribution in [2.45, 2.75) is 19.4 Å². The molecule has 0 aliphatic rings. The molecule has 1 atom stereocenters. The van der Waals surface area contributed by atoms with Crippen LogP contribution in [0.3, 0.4) is 0 Å². The summed E-state index contributed by atoms with van der Waals surface area (Å²) in [5.74, 6) is 0.800. The lowest BCUT2D eigenvalue weighted by Crippen LogP contribution is -2.27. The van der Waals surface area contributed by atoms with Gasteiger partial charge in [-0.05, 0) is 32.5 Å². The molecule has 1 unspecified atom stereocenters. The van der Waals surface area contributed by atoms with Gasteiger partial charge in [-0.15, -0.1) is 0 Å². The zero-order valence-electron chi connectivity index (χ0n) is 10.6. The maximum absolute atomic E-state index is 9.16. The third-order valence-electron chi connectivity index (χ3n) is 2.53. The van der Waals surface area contributed by atoms with Gasteiger partial charge in [0.1, 0.15) is 12.4 Å². The van der Waals surface area contributed by atoms with Gasteiger partial charge in [0, 0.05) is 24.8 Å². The van der Waals surface area contributed by atoms with Gasteiger partial charge in [-0.25, -0.2) is 0 Å². The number of anilines is 1. The molecule has 0 heterocycles. The molecule has 0 bridgehead atoms. The van der Waals surface area contributed by atoms with Crippen LogP contribution in [0.5, 0.6) is 5.75 Å². The molecule has 1 aromatic rings. The molecule has 0 fully saturated rings. The van der Waals surface area contributed by atoms with E-state index in [1.807, 2.05) is 31.3 Å². The van der Waals surface area contributed by atoms with Crippen LogP contribution in [0.2, 0.25) is 0 Å². The molecule has 0 radical (unpaired) electrons. The normalized spacial score (nSPS) is 12.7. The Bertz CT molecular complexity index is 329. The fraction of sp³-hybridized carbons (Fsp3) is 0.538. The van der Waals surface area contributed by atoms with Crippen LogP contribution >= 0.6 is 0 Å². The van der Waals surface area contributed by atoms with Gasteiger partial charge in [0.2, 0.25) is 0 Å². The highest BCUT2D eigenvalue weighted by atomic mass is 16.5. The Kier molecular flexibility index (Phi) is 5.80. The number of aliphatic hydroxyl groups is 1. The first-order chi connectivity index (χ1) is 8.08. The predicted octanol–water partition coefficient (Wildman–Crippen LogP) is 1.35. The number of nitrogens with two attached hydrogens (primary N) is 1. The molecule has 1 rings (SSSR count). The summed E-state index contributed by atoms with van der Waals surface area (Å²) in [7, 11) is 2.02. The standard InChI is InChI=1S/C13H22N2O2/c1-11(16)6-7-15(2)8-9-17-13-5-3-4-12(14)10-13/h3-5,10-11,16H,6-9,14H2,1-2H3. The highest BCUT2D eigenvalue weighted by Gasteiger charge is 2.02. The number of hydrogen-bond acceptors (Lipinski definition) is 4. The summed E-state index contributed by atoms with van der Waals surface area (Å²) in [5, 5.41) is 9.16. The van der Waals surface area contributed by atoms with Gasteiger partial charge >= 0.3 is 0 Å². The summed E-state index contributed by atoms with van der Waals surface area (Å²) in [6.45, 7) is 4.14. The molecule has 0 aliphatic carbocycles. The molecular formula is C13H22N2O2. The first-order valence-electron chi connectivity index (χ1n) is 5.93. The van der Waals surface area contributed by atoms with Crippen LogP contribution in [0.1, 0.15) is 13.3 Å². The number of rotatable bonds is 7. The molecule has 4 nitrogen and oxygen atoms in total. The van der Waals surface area contributed by atoms with E-state index < -0.39 is 0 Å². The van der Waals surface area contributed by atoms with E-state index in [4.69, 9.17) is 15.6 Å². The second-order valence-corrected chi connectivity index (χ2v) is 4.36. The number of hydrogen-bond donors (Lipinski definition) is 2. The largest absolute Gasteiger partial charge is 0.492 e. The third kappa shape index (κ3) is 6.14. The Morgan fingerprint density at radius 1 is 1.41 bits per heavy atom. The van der Waals surface area contributed by atoms with Crippen molar-refractivity contribution in [3.63, 3.8) is 0 Å². The first kappa shape index (κ1) is 13.8. The quantitative estimate of drug-likeness (QED) is 0.704. The summed E-state index contributed by atoms with van der Waals surface area (Å²) in [4.78, 5) is 2.14. The van der Waals surface area contributed by atoms with E-state index in [9.17, 15) is 0 Å². The minimum absolute atomic E-state index is 0.243. The van der Waals surface area contributed by atoms with E-state index in [1.54, 1.807) is 6.92 Å². The van der Waals surface area contributed by atoms with Crippen molar-refractivity contribution in [3.8, 4) is 5.75 Å². The van der Waals surface area contributed by atoms with E-state index >= 15 is 0 Å². The minimum atomic E-state index is -0.243. The van der Waals surface area contributed by atoms with Gasteiger partial charge in [-0.3, -0.25) is 0 Å². The monoisotopic (exact) mass is 238 g/mol. The number of benzene rings is 1. The summed E-state index contributed by atoms with van der Waals surface area (Å²) in [6, 6.07) is 7.42. The molecule has 0 aliphatic heterocycles. The average Bonchev–Trinajstić information content (AvgIpc) is 2.26. The maximum atomic E-state index is 9.16. The highest BCUT2D eigenvalue weighted by Crippen LogP contribution is 2.14. The van der Waals surface area contributed by atoms with Crippen molar-refractivity contribution in [3.05, 3.63) is 24.3 Å². The van der Waals surface area contributed by atoms with Crippen LogP contribution < -0.4 is 10.5 Å². The van der Waals surface area contributed by atoms with E-state index in [2.05, 4.69) is 4.90 Å². The number of aliphatic hydroxyl groups excluding tert-OH is 1. The Balaban J connectivity index is 2.19. The zero-order valence-corrected chi connectivity index (χ0v) is 10.6. The predicted molar refractivity (Wildman–Crippen MR) is 70.1 cm³/mol. The lowest BCUT2D eigenvalue weighted by Gasteiger charge is -2.17. The van der Waals surface area contributed by atoms with Crippen LogP contribution in [-0.2, 0) is 0 Å². The van der Waals surface area contributed by atoms with Crippen LogP contribution in [0.25, 0.3) is 0 Å². The van der Waals surface area contributed by atoms with E-state index in [1.165, 1.54) is 0 Å². The first-order valence-corrected chi connectivity index (χ1v) is 5.93. The van der Waals surface area contributed by atoms with Crippen LogP contribution in [0.4, 0.5) is 5.69 Å². The molecule has 17 heavy (non-hydrogen) atoms. The molecule has 1 aromatic carbocycles. The Morgan fingerprint density at radius 3 is 2.82 bits per heavy atom. The molecule has 0 aromatic heterocycles. The Hall–Kier alpha value is -1.26. The maximum Gasteiger partial charge on any atom is 0.121 e. The summed E-state index contributed by atoms with van der Waals surface area (Å²) >= 11 is 0.